The highest BCUT2D eigenvalue weighted by molar-refractivity contribution is 5.79. The van der Waals surface area contributed by atoms with Crippen molar-refractivity contribution in [2.24, 2.45) is 5.92 Å². The molecule has 132 valence electrons. The van der Waals surface area contributed by atoms with Gasteiger partial charge in [-0.15, -0.1) is 0 Å². The molecule has 2 aliphatic rings. The van der Waals surface area contributed by atoms with E-state index in [-0.39, 0.29) is 12.0 Å². The number of carbonyl (C=O) groups is 1. The monoisotopic (exact) mass is 331 g/mol. The maximum atomic E-state index is 13.1. The minimum Gasteiger partial charge on any atom is -0.372 e. The number of rotatable bonds is 4. The predicted octanol–water partition coefficient (Wildman–Crippen LogP) is 2.30. The number of hydrogen-bond acceptors (Lipinski definition) is 5. The number of carbonyl (C=O) groups excluding carboxylic acids is 1. The maximum absolute atomic E-state index is 13.1. The lowest BCUT2D eigenvalue weighted by Crippen LogP contribution is -2.44. The Balaban J connectivity index is 1.68. The Hall–Kier alpha value is -1.69. The van der Waals surface area contributed by atoms with E-state index < -0.39 is 0 Å². The fraction of sp³-hybridized carbons (Fsp3) is 0.722. The number of anilines is 1. The molecule has 24 heavy (non-hydrogen) atoms. The van der Waals surface area contributed by atoms with Crippen molar-refractivity contribution in [1.29, 1.82) is 0 Å². The van der Waals surface area contributed by atoms with Crippen LogP contribution in [0.5, 0.6) is 0 Å². The zero-order valence-corrected chi connectivity index (χ0v) is 15.0. The summed E-state index contributed by atoms with van der Waals surface area (Å²) in [7, 11) is 1.84. The molecular weight excluding hydrogens is 302 g/mol. The van der Waals surface area contributed by atoms with Crippen LogP contribution in [-0.2, 0) is 4.79 Å². The Morgan fingerprint density at radius 3 is 2.62 bits per heavy atom. The number of nitrogens with one attached hydrogen (secondary N) is 1. The summed E-state index contributed by atoms with van der Waals surface area (Å²) in [4.78, 5) is 26.5. The highest BCUT2D eigenvalue weighted by Gasteiger charge is 2.36. The van der Waals surface area contributed by atoms with Crippen molar-refractivity contribution < 1.29 is 4.79 Å². The first kappa shape index (κ1) is 17.1. The molecule has 0 bridgehead atoms. The lowest BCUT2D eigenvalue weighted by atomic mass is 9.94. The molecule has 1 amide bonds. The van der Waals surface area contributed by atoms with Gasteiger partial charge in [-0.25, -0.2) is 4.98 Å². The molecule has 0 spiro atoms. The van der Waals surface area contributed by atoms with Crippen LogP contribution in [0, 0.1) is 5.92 Å². The molecule has 0 radical (unpaired) electrons. The molecule has 3 rings (SSSR count). The molecule has 0 aliphatic carbocycles. The minimum atomic E-state index is 0.0847. The van der Waals surface area contributed by atoms with Crippen LogP contribution < -0.4 is 5.32 Å². The summed E-state index contributed by atoms with van der Waals surface area (Å²) in [5, 5.41) is 3.03. The maximum Gasteiger partial charge on any atom is 0.226 e. The highest BCUT2D eigenvalue weighted by Crippen LogP contribution is 2.34. The van der Waals surface area contributed by atoms with Crippen LogP contribution in [-0.4, -0.2) is 58.4 Å². The first-order valence-corrected chi connectivity index (χ1v) is 9.14. The third-order valence-electron chi connectivity index (χ3n) is 5.40. The van der Waals surface area contributed by atoms with Gasteiger partial charge in [0.1, 0.15) is 5.82 Å². The molecule has 2 aliphatic heterocycles. The van der Waals surface area contributed by atoms with Crippen molar-refractivity contribution in [3.05, 3.63) is 18.1 Å². The van der Waals surface area contributed by atoms with Gasteiger partial charge >= 0.3 is 0 Å². The highest BCUT2D eigenvalue weighted by atomic mass is 16.2. The standard InChI is InChI=1S/C18H29N5O/c1-13(2)22-9-6-14(7-10-22)18(24)23-8-4-5-16(23)15-11-20-12-17(19-3)21-15/h11-14,16H,4-10H2,1-3H3,(H,19,21)/t16-/m0/s1. The number of aromatic nitrogens is 2. The van der Waals surface area contributed by atoms with Gasteiger partial charge in [0, 0.05) is 25.6 Å². The second-order valence-corrected chi connectivity index (χ2v) is 7.17. The number of nitrogens with zero attached hydrogens (tertiary/aromatic N) is 4. The SMILES string of the molecule is CNc1cncc([C@@H]2CCCN2C(=O)C2CCN(C(C)C)CC2)n1. The number of hydrogen-bond donors (Lipinski definition) is 1. The van der Waals surface area contributed by atoms with E-state index in [9.17, 15) is 4.79 Å². The summed E-state index contributed by atoms with van der Waals surface area (Å²) < 4.78 is 0. The van der Waals surface area contributed by atoms with Crippen molar-refractivity contribution in [1.82, 2.24) is 19.8 Å². The number of likely N-dealkylation sites (tertiary alicyclic amines) is 2. The van der Waals surface area contributed by atoms with Crippen LogP contribution in [0.15, 0.2) is 12.4 Å². The number of piperidine rings is 1. The van der Waals surface area contributed by atoms with Crippen LogP contribution in [0.2, 0.25) is 0 Å². The van der Waals surface area contributed by atoms with Crippen LogP contribution >= 0.6 is 0 Å². The Morgan fingerprint density at radius 1 is 1.21 bits per heavy atom. The molecule has 0 saturated carbocycles. The van der Waals surface area contributed by atoms with E-state index in [2.05, 4.69) is 38.9 Å². The molecule has 6 nitrogen and oxygen atoms in total. The molecule has 0 unspecified atom stereocenters. The molecule has 3 heterocycles. The quantitative estimate of drug-likeness (QED) is 0.917. The lowest BCUT2D eigenvalue weighted by Gasteiger charge is -2.36. The summed E-state index contributed by atoms with van der Waals surface area (Å²) in [6.07, 6.45) is 7.50. The fourth-order valence-electron chi connectivity index (χ4n) is 3.90. The Bertz CT molecular complexity index is 568. The van der Waals surface area contributed by atoms with Gasteiger partial charge < -0.3 is 15.1 Å². The van der Waals surface area contributed by atoms with Gasteiger partial charge in [0.15, 0.2) is 0 Å². The smallest absolute Gasteiger partial charge is 0.226 e. The van der Waals surface area contributed by atoms with E-state index in [0.29, 0.717) is 11.9 Å². The third-order valence-corrected chi connectivity index (χ3v) is 5.40. The predicted molar refractivity (Wildman–Crippen MR) is 94.7 cm³/mol. The van der Waals surface area contributed by atoms with Crippen LogP contribution in [0.4, 0.5) is 5.82 Å². The largest absolute Gasteiger partial charge is 0.372 e. The first-order chi connectivity index (χ1) is 11.6. The van der Waals surface area contributed by atoms with Gasteiger partial charge in [-0.2, -0.15) is 0 Å². The molecular formula is C18H29N5O. The fourth-order valence-corrected chi connectivity index (χ4v) is 3.90. The molecule has 0 aromatic carbocycles. The molecule has 1 aromatic rings. The van der Waals surface area contributed by atoms with E-state index >= 15 is 0 Å². The van der Waals surface area contributed by atoms with E-state index in [0.717, 1.165) is 56.8 Å². The Morgan fingerprint density at radius 2 is 1.96 bits per heavy atom. The lowest BCUT2D eigenvalue weighted by molar-refractivity contribution is -0.138. The van der Waals surface area contributed by atoms with Gasteiger partial charge in [0.25, 0.3) is 0 Å². The van der Waals surface area contributed by atoms with Crippen molar-refractivity contribution >= 4 is 11.7 Å². The van der Waals surface area contributed by atoms with Crippen LogP contribution in [0.3, 0.4) is 0 Å². The van der Waals surface area contributed by atoms with E-state index in [1.54, 1.807) is 12.4 Å². The molecule has 1 N–H and O–H groups in total. The molecule has 2 fully saturated rings. The van der Waals surface area contributed by atoms with Crippen molar-refractivity contribution in [3.63, 3.8) is 0 Å². The van der Waals surface area contributed by atoms with Gasteiger partial charge in [0.05, 0.1) is 24.1 Å². The second-order valence-electron chi connectivity index (χ2n) is 7.17. The zero-order chi connectivity index (χ0) is 17.1. The second kappa shape index (κ2) is 7.47. The van der Waals surface area contributed by atoms with Gasteiger partial charge in [-0.1, -0.05) is 0 Å². The Labute approximate surface area is 144 Å². The van der Waals surface area contributed by atoms with Gasteiger partial charge in [-0.3, -0.25) is 9.78 Å². The summed E-state index contributed by atoms with van der Waals surface area (Å²) >= 11 is 0. The normalized spacial score (nSPS) is 23.0. The zero-order valence-electron chi connectivity index (χ0n) is 15.0. The molecule has 1 aromatic heterocycles. The summed E-state index contributed by atoms with van der Waals surface area (Å²) in [6.45, 7) is 7.36. The number of amides is 1. The minimum absolute atomic E-state index is 0.0847. The average Bonchev–Trinajstić information content (AvgIpc) is 3.11. The average molecular weight is 331 g/mol. The molecule has 6 heteroatoms. The topological polar surface area (TPSA) is 61.4 Å². The Kier molecular flexibility index (Phi) is 5.33. The van der Waals surface area contributed by atoms with Crippen LogP contribution in [0.25, 0.3) is 0 Å². The van der Waals surface area contributed by atoms with Crippen molar-refractivity contribution in [2.75, 3.05) is 32.0 Å². The summed E-state index contributed by atoms with van der Waals surface area (Å²) in [5.41, 5.74) is 0.910. The summed E-state index contributed by atoms with van der Waals surface area (Å²) in [5.74, 6) is 1.25. The van der Waals surface area contributed by atoms with Crippen molar-refractivity contribution in [2.45, 2.75) is 51.6 Å². The molecule has 2 saturated heterocycles. The first-order valence-electron chi connectivity index (χ1n) is 9.14. The van der Waals surface area contributed by atoms with Gasteiger partial charge in [-0.05, 0) is 52.6 Å². The van der Waals surface area contributed by atoms with E-state index in [4.69, 9.17) is 0 Å². The van der Waals surface area contributed by atoms with Crippen LogP contribution in [0.1, 0.15) is 51.3 Å². The van der Waals surface area contributed by atoms with E-state index in [1.807, 2.05) is 7.05 Å². The van der Waals surface area contributed by atoms with Crippen molar-refractivity contribution in [3.8, 4) is 0 Å². The third kappa shape index (κ3) is 3.53. The van der Waals surface area contributed by atoms with E-state index in [1.165, 1.54) is 0 Å². The van der Waals surface area contributed by atoms with Gasteiger partial charge in [0.2, 0.25) is 5.91 Å². The summed E-state index contributed by atoms with van der Waals surface area (Å²) in [6, 6.07) is 0.654. The molecule has 1 atom stereocenters.